The lowest BCUT2D eigenvalue weighted by molar-refractivity contribution is -0.143. The van der Waals surface area contributed by atoms with Crippen molar-refractivity contribution >= 4 is 39.1 Å². The molecule has 2 aromatic heterocycles. The summed E-state index contributed by atoms with van der Waals surface area (Å²) >= 11 is 7.81. The quantitative estimate of drug-likeness (QED) is 0.525. The number of carbonyl (C=O) groups is 1. The third-order valence-electron chi connectivity index (χ3n) is 5.28. The molecule has 140 valence electrons. The lowest BCUT2D eigenvalue weighted by Crippen LogP contribution is -2.20. The van der Waals surface area contributed by atoms with Crippen molar-refractivity contribution in [1.29, 1.82) is 0 Å². The van der Waals surface area contributed by atoms with E-state index in [0.717, 1.165) is 35.9 Å². The number of esters is 1. The van der Waals surface area contributed by atoms with Crippen molar-refractivity contribution in [3.63, 3.8) is 0 Å². The Kier molecular flexibility index (Phi) is 5.32. The Morgan fingerprint density at radius 2 is 2.04 bits per heavy atom. The molecule has 4 rings (SSSR count). The van der Waals surface area contributed by atoms with Gasteiger partial charge in [0, 0.05) is 4.88 Å². The highest BCUT2D eigenvalue weighted by atomic mass is 35.5. The molecule has 0 saturated heterocycles. The summed E-state index contributed by atoms with van der Waals surface area (Å²) < 4.78 is 11.4. The normalized spacial score (nSPS) is 20.3. The van der Waals surface area contributed by atoms with Gasteiger partial charge in [-0.1, -0.05) is 6.42 Å². The summed E-state index contributed by atoms with van der Waals surface area (Å²) in [6.07, 6.45) is 8.29. The SMILES string of the molecule is CCOC(=O)CC1CCc2sc3nc(Cl)nc(OC4CCCCC4)c3c21. The lowest BCUT2D eigenvalue weighted by atomic mass is 9.97. The molecule has 1 atom stereocenters. The number of thiophene rings is 1. The molecule has 0 spiro atoms. The summed E-state index contributed by atoms with van der Waals surface area (Å²) in [5.41, 5.74) is 1.18. The average molecular weight is 395 g/mol. The van der Waals surface area contributed by atoms with Crippen LogP contribution in [-0.4, -0.2) is 28.6 Å². The first kappa shape index (κ1) is 18.0. The molecular formula is C19H23ClN2O3S. The van der Waals surface area contributed by atoms with Gasteiger partial charge in [-0.05, 0) is 68.5 Å². The number of hydrogen-bond acceptors (Lipinski definition) is 6. The van der Waals surface area contributed by atoms with Crippen molar-refractivity contribution in [1.82, 2.24) is 9.97 Å². The van der Waals surface area contributed by atoms with Crippen LogP contribution in [0.2, 0.25) is 5.28 Å². The first-order valence-corrected chi connectivity index (χ1v) is 10.7. The van der Waals surface area contributed by atoms with Crippen LogP contribution >= 0.6 is 22.9 Å². The summed E-state index contributed by atoms with van der Waals surface area (Å²) in [5, 5.41) is 1.19. The zero-order valence-corrected chi connectivity index (χ0v) is 16.5. The topological polar surface area (TPSA) is 61.3 Å². The van der Waals surface area contributed by atoms with Gasteiger partial charge in [-0.15, -0.1) is 11.3 Å². The van der Waals surface area contributed by atoms with Crippen LogP contribution in [0.3, 0.4) is 0 Å². The van der Waals surface area contributed by atoms with E-state index < -0.39 is 0 Å². The van der Waals surface area contributed by atoms with Crippen LogP contribution in [-0.2, 0) is 16.0 Å². The molecule has 0 aromatic carbocycles. The van der Waals surface area contributed by atoms with Gasteiger partial charge in [-0.25, -0.2) is 4.98 Å². The second-order valence-electron chi connectivity index (χ2n) is 7.04. The molecule has 1 saturated carbocycles. The Hall–Kier alpha value is -1.40. The van der Waals surface area contributed by atoms with Crippen LogP contribution in [0.25, 0.3) is 10.2 Å². The number of aromatic nitrogens is 2. The summed E-state index contributed by atoms with van der Waals surface area (Å²) in [6.45, 7) is 2.25. The van der Waals surface area contributed by atoms with Crippen LogP contribution in [0.1, 0.15) is 68.2 Å². The van der Waals surface area contributed by atoms with E-state index in [2.05, 4.69) is 9.97 Å². The largest absolute Gasteiger partial charge is 0.474 e. The van der Waals surface area contributed by atoms with Gasteiger partial charge in [0.1, 0.15) is 10.9 Å². The van der Waals surface area contributed by atoms with Crippen LogP contribution in [0.15, 0.2) is 0 Å². The molecule has 2 heterocycles. The Morgan fingerprint density at radius 1 is 1.23 bits per heavy atom. The highest BCUT2D eigenvalue weighted by Crippen LogP contribution is 2.48. The average Bonchev–Trinajstić information content (AvgIpc) is 3.15. The molecule has 7 heteroatoms. The van der Waals surface area contributed by atoms with E-state index in [1.807, 2.05) is 6.92 Å². The maximum Gasteiger partial charge on any atom is 0.306 e. The van der Waals surface area contributed by atoms with Crippen LogP contribution < -0.4 is 4.74 Å². The first-order chi connectivity index (χ1) is 12.7. The zero-order chi connectivity index (χ0) is 18.1. The summed E-state index contributed by atoms with van der Waals surface area (Å²) in [4.78, 5) is 23.0. The van der Waals surface area contributed by atoms with Gasteiger partial charge >= 0.3 is 5.97 Å². The fourth-order valence-corrected chi connectivity index (χ4v) is 5.60. The molecule has 0 bridgehead atoms. The van der Waals surface area contributed by atoms with Gasteiger partial charge in [0.05, 0.1) is 18.4 Å². The molecular weight excluding hydrogens is 372 g/mol. The van der Waals surface area contributed by atoms with Crippen molar-refractivity contribution in [2.75, 3.05) is 6.61 Å². The number of ether oxygens (including phenoxy) is 2. The Bertz CT molecular complexity index is 817. The summed E-state index contributed by atoms with van der Waals surface area (Å²) in [5.74, 6) is 0.603. The van der Waals surface area contributed by atoms with Crippen LogP contribution in [0.5, 0.6) is 5.88 Å². The molecule has 26 heavy (non-hydrogen) atoms. The monoisotopic (exact) mass is 394 g/mol. The molecule has 0 N–H and O–H groups in total. The predicted molar refractivity (Wildman–Crippen MR) is 102 cm³/mol. The molecule has 2 aliphatic rings. The van der Waals surface area contributed by atoms with Crippen LogP contribution in [0, 0.1) is 0 Å². The molecule has 1 fully saturated rings. The molecule has 0 aliphatic heterocycles. The van der Waals surface area contributed by atoms with E-state index in [4.69, 9.17) is 21.1 Å². The van der Waals surface area contributed by atoms with Crippen molar-refractivity contribution in [3.05, 3.63) is 15.7 Å². The minimum atomic E-state index is -0.144. The van der Waals surface area contributed by atoms with Crippen molar-refractivity contribution in [2.45, 2.75) is 70.3 Å². The number of aryl methyl sites for hydroxylation is 1. The second-order valence-corrected chi connectivity index (χ2v) is 8.46. The minimum absolute atomic E-state index is 0.144. The Balaban J connectivity index is 1.69. The van der Waals surface area contributed by atoms with Crippen molar-refractivity contribution in [3.8, 4) is 5.88 Å². The Morgan fingerprint density at radius 3 is 2.81 bits per heavy atom. The standard InChI is InChI=1S/C19H23ClN2O3S/c1-2-24-14(23)10-11-8-9-13-15(11)16-17(21-19(20)22-18(16)26-13)25-12-6-4-3-5-7-12/h11-12H,2-10H2,1H3. The highest BCUT2D eigenvalue weighted by Gasteiger charge is 2.32. The molecule has 0 amide bonds. The van der Waals surface area contributed by atoms with E-state index in [1.165, 1.54) is 29.7 Å². The second kappa shape index (κ2) is 7.69. The van der Waals surface area contributed by atoms with E-state index in [1.54, 1.807) is 11.3 Å². The number of carbonyl (C=O) groups excluding carboxylic acids is 1. The maximum atomic E-state index is 12.0. The molecule has 2 aromatic rings. The first-order valence-electron chi connectivity index (χ1n) is 9.46. The molecule has 1 unspecified atom stereocenters. The molecule has 0 radical (unpaired) electrons. The van der Waals surface area contributed by atoms with Crippen molar-refractivity contribution in [2.24, 2.45) is 0 Å². The smallest absolute Gasteiger partial charge is 0.306 e. The van der Waals surface area contributed by atoms with Gasteiger partial charge < -0.3 is 9.47 Å². The minimum Gasteiger partial charge on any atom is -0.474 e. The number of rotatable bonds is 5. The summed E-state index contributed by atoms with van der Waals surface area (Å²) in [7, 11) is 0. The number of halogens is 1. The lowest BCUT2D eigenvalue weighted by Gasteiger charge is -2.23. The summed E-state index contributed by atoms with van der Waals surface area (Å²) in [6, 6.07) is 0. The van der Waals surface area contributed by atoms with E-state index in [9.17, 15) is 4.79 Å². The third kappa shape index (κ3) is 3.54. The van der Waals surface area contributed by atoms with Crippen LogP contribution in [0.4, 0.5) is 0 Å². The van der Waals surface area contributed by atoms with E-state index >= 15 is 0 Å². The third-order valence-corrected chi connectivity index (χ3v) is 6.61. The highest BCUT2D eigenvalue weighted by molar-refractivity contribution is 7.19. The van der Waals surface area contributed by atoms with Gasteiger partial charge in [0.2, 0.25) is 11.2 Å². The zero-order valence-electron chi connectivity index (χ0n) is 14.9. The fraction of sp³-hybridized carbons (Fsp3) is 0.632. The van der Waals surface area contributed by atoms with Gasteiger partial charge in [0.15, 0.2) is 0 Å². The fourth-order valence-electron chi connectivity index (χ4n) is 4.13. The van der Waals surface area contributed by atoms with Gasteiger partial charge in [-0.3, -0.25) is 4.79 Å². The molecule has 2 aliphatic carbocycles. The van der Waals surface area contributed by atoms with Gasteiger partial charge in [-0.2, -0.15) is 4.98 Å². The number of hydrogen-bond donors (Lipinski definition) is 0. The van der Waals surface area contributed by atoms with Gasteiger partial charge in [0.25, 0.3) is 0 Å². The maximum absolute atomic E-state index is 12.0. The number of nitrogens with zero attached hydrogens (tertiary/aromatic N) is 2. The number of fused-ring (bicyclic) bond motifs is 3. The van der Waals surface area contributed by atoms with E-state index in [0.29, 0.717) is 18.9 Å². The predicted octanol–water partition coefficient (Wildman–Crippen LogP) is 5.04. The Labute approximate surface area is 162 Å². The molecule has 5 nitrogen and oxygen atoms in total. The van der Waals surface area contributed by atoms with Crippen molar-refractivity contribution < 1.29 is 14.3 Å². The van der Waals surface area contributed by atoms with E-state index in [-0.39, 0.29) is 23.3 Å².